The van der Waals surface area contributed by atoms with Gasteiger partial charge in [0.05, 0.1) is 23.5 Å². The molecule has 0 aromatic heterocycles. The normalized spacial score (nSPS) is 10.6. The number of amides is 1. The number of carbonyl (C=O) groups is 2. The molecule has 0 radical (unpaired) electrons. The Morgan fingerprint density at radius 1 is 0.862 bits per heavy atom. The van der Waals surface area contributed by atoms with Gasteiger partial charge in [0.1, 0.15) is 0 Å². The van der Waals surface area contributed by atoms with Gasteiger partial charge in [0, 0.05) is 0 Å². The van der Waals surface area contributed by atoms with Crippen LogP contribution in [0.15, 0.2) is 91.0 Å². The van der Waals surface area contributed by atoms with E-state index in [9.17, 15) is 9.59 Å². The average Bonchev–Trinajstić information content (AvgIpc) is 2.75. The van der Waals surface area contributed by atoms with Crippen LogP contribution in [-0.4, -0.2) is 23.8 Å². The molecule has 0 saturated heterocycles. The fourth-order valence-corrected chi connectivity index (χ4v) is 2.79. The van der Waals surface area contributed by atoms with E-state index in [2.05, 4.69) is 0 Å². The molecule has 3 rings (SSSR count). The van der Waals surface area contributed by atoms with Crippen molar-refractivity contribution in [2.45, 2.75) is 6.42 Å². The molecule has 0 aliphatic rings. The number of aromatic carboxylic acids is 1. The first-order valence-corrected chi connectivity index (χ1v) is 9.22. The summed E-state index contributed by atoms with van der Waals surface area (Å²) >= 11 is 0. The lowest BCUT2D eigenvalue weighted by Gasteiger charge is -2.22. The highest BCUT2D eigenvalue weighted by Gasteiger charge is 2.18. The number of carboxylic acids is 1. The average molecular weight is 387 g/mol. The first kappa shape index (κ1) is 19.9. The number of anilines is 2. The molecule has 5 nitrogen and oxygen atoms in total. The third-order valence-corrected chi connectivity index (χ3v) is 4.17. The topological polar surface area (TPSA) is 66.8 Å². The summed E-state index contributed by atoms with van der Waals surface area (Å²) < 4.78 is 5.45. The lowest BCUT2D eigenvalue weighted by molar-refractivity contribution is 0.0696. The maximum absolute atomic E-state index is 12.7. The molecule has 5 heteroatoms. The number of benzene rings is 3. The number of para-hydroxylation sites is 2. The number of nitrogens with zero attached hydrogens (tertiary/aromatic N) is 1. The molecule has 0 aliphatic carbocycles. The molecule has 0 bridgehead atoms. The Bertz CT molecular complexity index is 945. The van der Waals surface area contributed by atoms with Gasteiger partial charge >= 0.3 is 12.1 Å². The maximum Gasteiger partial charge on any atom is 0.418 e. The standard InChI is InChI=1S/C24H21NO4/c26-23(27)20-12-9-11-19(18-20)10-7-8-17-29-24(28)25(21-13-3-1-4-14-21)22-15-5-2-6-16-22/h1-7,9-16,18H,8,17H2,(H,26,27)/b10-7+. The summed E-state index contributed by atoms with van der Waals surface area (Å²) in [6.45, 7) is 0.212. The largest absolute Gasteiger partial charge is 0.478 e. The molecule has 29 heavy (non-hydrogen) atoms. The van der Waals surface area contributed by atoms with Gasteiger partial charge in [-0.3, -0.25) is 0 Å². The Labute approximate surface area is 169 Å². The lowest BCUT2D eigenvalue weighted by atomic mass is 10.1. The van der Waals surface area contributed by atoms with Crippen molar-refractivity contribution in [2.75, 3.05) is 11.5 Å². The number of hydrogen-bond donors (Lipinski definition) is 1. The third kappa shape index (κ3) is 5.56. The molecule has 3 aromatic carbocycles. The van der Waals surface area contributed by atoms with E-state index in [1.165, 1.54) is 4.90 Å². The van der Waals surface area contributed by atoms with Crippen molar-refractivity contribution < 1.29 is 19.4 Å². The minimum atomic E-state index is -0.962. The van der Waals surface area contributed by atoms with Gasteiger partial charge in [0.25, 0.3) is 0 Å². The Morgan fingerprint density at radius 3 is 2.07 bits per heavy atom. The van der Waals surface area contributed by atoms with E-state index in [-0.39, 0.29) is 12.2 Å². The molecular weight excluding hydrogens is 366 g/mol. The second-order valence-corrected chi connectivity index (χ2v) is 6.24. The smallest absolute Gasteiger partial charge is 0.418 e. The van der Waals surface area contributed by atoms with Gasteiger partial charge in [-0.15, -0.1) is 0 Å². The fraction of sp³-hybridized carbons (Fsp3) is 0.0833. The van der Waals surface area contributed by atoms with Gasteiger partial charge < -0.3 is 9.84 Å². The molecule has 1 N–H and O–H groups in total. The van der Waals surface area contributed by atoms with Crippen LogP contribution in [0.2, 0.25) is 0 Å². The summed E-state index contributed by atoms with van der Waals surface area (Å²) in [5, 5.41) is 9.03. The minimum absolute atomic E-state index is 0.212. The number of ether oxygens (including phenoxy) is 1. The third-order valence-electron chi connectivity index (χ3n) is 4.17. The van der Waals surface area contributed by atoms with E-state index in [4.69, 9.17) is 9.84 Å². The summed E-state index contributed by atoms with van der Waals surface area (Å²) in [5.74, 6) is -0.962. The molecule has 0 atom stereocenters. The van der Waals surface area contributed by atoms with Crippen molar-refractivity contribution in [3.05, 3.63) is 102 Å². The summed E-state index contributed by atoms with van der Waals surface area (Å²) in [4.78, 5) is 25.3. The Kier molecular flexibility index (Phi) is 6.79. The predicted molar refractivity (Wildman–Crippen MR) is 113 cm³/mol. The van der Waals surface area contributed by atoms with E-state index < -0.39 is 12.1 Å². The zero-order valence-electron chi connectivity index (χ0n) is 15.8. The number of carbonyl (C=O) groups excluding carboxylic acids is 1. The van der Waals surface area contributed by atoms with Crippen molar-refractivity contribution in [3.8, 4) is 0 Å². The number of rotatable bonds is 7. The van der Waals surface area contributed by atoms with E-state index in [0.717, 1.165) is 16.9 Å². The Balaban J connectivity index is 1.61. The second-order valence-electron chi connectivity index (χ2n) is 6.24. The van der Waals surface area contributed by atoms with Gasteiger partial charge in [0.15, 0.2) is 0 Å². The van der Waals surface area contributed by atoms with Crippen LogP contribution in [0.3, 0.4) is 0 Å². The molecule has 0 saturated carbocycles. The van der Waals surface area contributed by atoms with Crippen molar-refractivity contribution >= 4 is 29.5 Å². The van der Waals surface area contributed by atoms with Crippen molar-refractivity contribution in [1.82, 2.24) is 0 Å². The van der Waals surface area contributed by atoms with E-state index >= 15 is 0 Å². The van der Waals surface area contributed by atoms with Gasteiger partial charge in [-0.1, -0.05) is 60.7 Å². The summed E-state index contributed by atoms with van der Waals surface area (Å²) in [6, 6.07) is 25.3. The molecule has 0 unspecified atom stereocenters. The monoisotopic (exact) mass is 387 g/mol. The van der Waals surface area contributed by atoms with Crippen molar-refractivity contribution in [1.29, 1.82) is 0 Å². The molecule has 0 spiro atoms. The van der Waals surface area contributed by atoms with Crippen LogP contribution in [-0.2, 0) is 4.74 Å². The summed E-state index contributed by atoms with van der Waals surface area (Å²) in [6.07, 6.45) is 3.72. The highest BCUT2D eigenvalue weighted by molar-refractivity contribution is 5.95. The minimum Gasteiger partial charge on any atom is -0.478 e. The Morgan fingerprint density at radius 2 is 1.48 bits per heavy atom. The van der Waals surface area contributed by atoms with E-state index in [1.807, 2.05) is 78.9 Å². The van der Waals surface area contributed by atoms with Crippen LogP contribution < -0.4 is 4.90 Å². The van der Waals surface area contributed by atoms with E-state index in [1.54, 1.807) is 18.2 Å². The zero-order valence-corrected chi connectivity index (χ0v) is 15.8. The maximum atomic E-state index is 12.7. The van der Waals surface area contributed by atoms with E-state index in [0.29, 0.717) is 6.42 Å². The van der Waals surface area contributed by atoms with Gasteiger partial charge in [-0.2, -0.15) is 0 Å². The van der Waals surface area contributed by atoms with Crippen molar-refractivity contribution in [2.24, 2.45) is 0 Å². The van der Waals surface area contributed by atoms with Gasteiger partial charge in [-0.25, -0.2) is 14.5 Å². The zero-order chi connectivity index (χ0) is 20.5. The van der Waals surface area contributed by atoms with Gasteiger partial charge in [0.2, 0.25) is 0 Å². The molecule has 0 fully saturated rings. The lowest BCUT2D eigenvalue weighted by Crippen LogP contribution is -2.27. The van der Waals surface area contributed by atoms with Gasteiger partial charge in [-0.05, 0) is 48.4 Å². The molecule has 0 heterocycles. The molecule has 146 valence electrons. The van der Waals surface area contributed by atoms with Crippen LogP contribution in [0.25, 0.3) is 6.08 Å². The first-order valence-electron chi connectivity index (χ1n) is 9.22. The van der Waals surface area contributed by atoms with Crippen LogP contribution in [0, 0.1) is 0 Å². The molecule has 0 aliphatic heterocycles. The highest BCUT2D eigenvalue weighted by Crippen LogP contribution is 2.25. The predicted octanol–water partition coefficient (Wildman–Crippen LogP) is 5.76. The molecule has 3 aromatic rings. The van der Waals surface area contributed by atoms with Crippen LogP contribution in [0.1, 0.15) is 22.3 Å². The fourth-order valence-electron chi connectivity index (χ4n) is 2.79. The Hall–Kier alpha value is -3.86. The molecule has 1 amide bonds. The second kappa shape index (κ2) is 9.90. The van der Waals surface area contributed by atoms with Crippen LogP contribution in [0.4, 0.5) is 16.2 Å². The van der Waals surface area contributed by atoms with Crippen LogP contribution in [0.5, 0.6) is 0 Å². The molecular formula is C24H21NO4. The highest BCUT2D eigenvalue weighted by atomic mass is 16.6. The SMILES string of the molecule is O=C(O)c1cccc(/C=C/CCOC(=O)N(c2ccccc2)c2ccccc2)c1. The number of hydrogen-bond acceptors (Lipinski definition) is 3. The number of carboxylic acid groups (broad SMARTS) is 1. The van der Waals surface area contributed by atoms with Crippen LogP contribution >= 0.6 is 0 Å². The first-order chi connectivity index (χ1) is 14.1. The quantitative estimate of drug-likeness (QED) is 0.523. The summed E-state index contributed by atoms with van der Waals surface area (Å²) in [7, 11) is 0. The van der Waals surface area contributed by atoms with Crippen molar-refractivity contribution in [3.63, 3.8) is 0 Å². The summed E-state index contributed by atoms with van der Waals surface area (Å²) in [5.41, 5.74) is 2.47.